The van der Waals surface area contributed by atoms with Crippen molar-refractivity contribution in [3.8, 4) is 0 Å². The highest BCUT2D eigenvalue weighted by molar-refractivity contribution is 7.91. The van der Waals surface area contributed by atoms with Crippen LogP contribution < -0.4 is 0 Å². The first-order valence-corrected chi connectivity index (χ1v) is 11.6. The van der Waals surface area contributed by atoms with Crippen molar-refractivity contribution in [3.63, 3.8) is 0 Å². The minimum atomic E-state index is -3.15. The molecule has 0 bridgehead atoms. The molecule has 2 aromatic rings. The van der Waals surface area contributed by atoms with Crippen molar-refractivity contribution in [2.45, 2.75) is 32.5 Å². The Labute approximate surface area is 172 Å². The van der Waals surface area contributed by atoms with E-state index in [2.05, 4.69) is 0 Å². The van der Waals surface area contributed by atoms with Gasteiger partial charge in [0.05, 0.1) is 11.5 Å². The predicted octanol–water partition coefficient (Wildman–Crippen LogP) is 2.25. The molecule has 0 spiro atoms. The maximum atomic E-state index is 13.2. The number of carbonyl (C=O) groups excluding carboxylic acids is 2. The lowest BCUT2D eigenvalue weighted by Crippen LogP contribution is -2.49. The van der Waals surface area contributed by atoms with Gasteiger partial charge < -0.3 is 9.80 Å². The fourth-order valence-corrected chi connectivity index (χ4v) is 5.38. The van der Waals surface area contributed by atoms with Crippen LogP contribution in [-0.2, 0) is 32.5 Å². The zero-order valence-electron chi connectivity index (χ0n) is 16.5. The standard InChI is InChI=1S/C22H26N2O4S/c1-2-24(20-13-14-29(27,28)17-20)22(26)21(25)23(15-18-9-5-3-6-10-18)16-19-11-7-4-8-12-19/h3-12,20H,2,13-17H2,1H3. The van der Waals surface area contributed by atoms with Crippen molar-refractivity contribution in [1.29, 1.82) is 0 Å². The van der Waals surface area contributed by atoms with Crippen LogP contribution >= 0.6 is 0 Å². The maximum Gasteiger partial charge on any atom is 0.312 e. The van der Waals surface area contributed by atoms with Gasteiger partial charge in [-0.3, -0.25) is 9.59 Å². The summed E-state index contributed by atoms with van der Waals surface area (Å²) >= 11 is 0. The third-order valence-electron chi connectivity index (χ3n) is 5.15. The summed E-state index contributed by atoms with van der Waals surface area (Å²) in [7, 11) is -3.15. The normalized spacial score (nSPS) is 17.6. The van der Waals surface area contributed by atoms with Crippen LogP contribution in [0, 0.1) is 0 Å². The Hall–Kier alpha value is -2.67. The van der Waals surface area contributed by atoms with E-state index in [1.165, 1.54) is 9.80 Å². The summed E-state index contributed by atoms with van der Waals surface area (Å²) in [5.41, 5.74) is 1.85. The Morgan fingerprint density at radius 2 is 1.41 bits per heavy atom. The summed E-state index contributed by atoms with van der Waals surface area (Å²) in [6, 6.07) is 18.6. The number of rotatable bonds is 6. The van der Waals surface area contributed by atoms with Crippen LogP contribution in [0.3, 0.4) is 0 Å². The lowest BCUT2D eigenvalue weighted by molar-refractivity contribution is -0.153. The van der Waals surface area contributed by atoms with Gasteiger partial charge in [-0.2, -0.15) is 0 Å². The molecule has 29 heavy (non-hydrogen) atoms. The minimum Gasteiger partial charge on any atom is -0.331 e. The molecule has 0 saturated carbocycles. The molecule has 1 aliphatic rings. The van der Waals surface area contributed by atoms with E-state index in [1.54, 1.807) is 6.92 Å². The highest BCUT2D eigenvalue weighted by atomic mass is 32.2. The van der Waals surface area contributed by atoms with Gasteiger partial charge in [-0.1, -0.05) is 60.7 Å². The van der Waals surface area contributed by atoms with E-state index in [4.69, 9.17) is 0 Å². The zero-order chi connectivity index (χ0) is 20.9. The Kier molecular flexibility index (Phi) is 6.69. The number of sulfone groups is 1. The molecule has 0 radical (unpaired) electrons. The summed E-state index contributed by atoms with van der Waals surface area (Å²) < 4.78 is 23.7. The second kappa shape index (κ2) is 9.22. The third kappa shape index (κ3) is 5.44. The molecule has 1 fully saturated rings. The molecule has 0 N–H and O–H groups in total. The van der Waals surface area contributed by atoms with Gasteiger partial charge in [0.2, 0.25) is 0 Å². The van der Waals surface area contributed by atoms with Gasteiger partial charge >= 0.3 is 11.8 Å². The number of benzene rings is 2. The quantitative estimate of drug-likeness (QED) is 0.680. The van der Waals surface area contributed by atoms with Crippen LogP contribution in [0.1, 0.15) is 24.5 Å². The number of amides is 2. The Balaban J connectivity index is 1.81. The van der Waals surface area contributed by atoms with E-state index < -0.39 is 27.7 Å². The molecule has 154 valence electrons. The van der Waals surface area contributed by atoms with E-state index in [-0.39, 0.29) is 11.5 Å². The summed E-state index contributed by atoms with van der Waals surface area (Å²) in [5, 5.41) is 0. The third-order valence-corrected chi connectivity index (χ3v) is 6.90. The number of carbonyl (C=O) groups is 2. The van der Waals surface area contributed by atoms with E-state index in [9.17, 15) is 18.0 Å². The van der Waals surface area contributed by atoms with Gasteiger partial charge in [0, 0.05) is 25.7 Å². The fraction of sp³-hybridized carbons (Fsp3) is 0.364. The first kappa shape index (κ1) is 21.0. The second-order valence-electron chi connectivity index (χ2n) is 7.28. The van der Waals surface area contributed by atoms with Gasteiger partial charge in [-0.05, 0) is 24.5 Å². The molecular weight excluding hydrogens is 388 g/mol. The smallest absolute Gasteiger partial charge is 0.312 e. The highest BCUT2D eigenvalue weighted by Crippen LogP contribution is 2.19. The molecule has 1 saturated heterocycles. The van der Waals surface area contributed by atoms with Gasteiger partial charge in [-0.15, -0.1) is 0 Å². The number of hydrogen-bond donors (Lipinski definition) is 0. The summed E-state index contributed by atoms with van der Waals surface area (Å²) in [5.74, 6) is -1.25. The van der Waals surface area contributed by atoms with Crippen LogP contribution in [0.25, 0.3) is 0 Å². The van der Waals surface area contributed by atoms with Crippen molar-refractivity contribution in [3.05, 3.63) is 71.8 Å². The highest BCUT2D eigenvalue weighted by Gasteiger charge is 2.37. The minimum absolute atomic E-state index is 0.0629. The molecule has 0 aromatic heterocycles. The van der Waals surface area contributed by atoms with Crippen molar-refractivity contribution >= 4 is 21.7 Å². The Morgan fingerprint density at radius 3 is 1.83 bits per heavy atom. The van der Waals surface area contributed by atoms with Gasteiger partial charge in [-0.25, -0.2) is 8.42 Å². The van der Waals surface area contributed by atoms with Crippen LogP contribution in [0.15, 0.2) is 60.7 Å². The molecule has 3 rings (SSSR count). The van der Waals surface area contributed by atoms with Crippen molar-refractivity contribution in [1.82, 2.24) is 9.80 Å². The molecule has 1 heterocycles. The van der Waals surface area contributed by atoms with Crippen LogP contribution in [0.4, 0.5) is 0 Å². The van der Waals surface area contributed by atoms with Gasteiger partial charge in [0.1, 0.15) is 0 Å². The first-order chi connectivity index (χ1) is 13.9. The molecule has 7 heteroatoms. The van der Waals surface area contributed by atoms with E-state index in [0.29, 0.717) is 26.1 Å². The average molecular weight is 415 g/mol. The number of nitrogens with zero attached hydrogens (tertiary/aromatic N) is 2. The lowest BCUT2D eigenvalue weighted by atomic mass is 10.1. The molecule has 2 aromatic carbocycles. The molecular formula is C22H26N2O4S. The van der Waals surface area contributed by atoms with E-state index in [1.807, 2.05) is 60.7 Å². The summed E-state index contributed by atoms with van der Waals surface area (Å²) in [6.07, 6.45) is 0.382. The largest absolute Gasteiger partial charge is 0.331 e. The second-order valence-corrected chi connectivity index (χ2v) is 9.51. The fourth-order valence-electron chi connectivity index (χ4n) is 3.65. The summed E-state index contributed by atoms with van der Waals surface area (Å²) in [4.78, 5) is 29.1. The predicted molar refractivity (Wildman–Crippen MR) is 112 cm³/mol. The number of hydrogen-bond acceptors (Lipinski definition) is 4. The van der Waals surface area contributed by atoms with Crippen molar-refractivity contribution < 1.29 is 18.0 Å². The van der Waals surface area contributed by atoms with Crippen LogP contribution in [0.5, 0.6) is 0 Å². The van der Waals surface area contributed by atoms with Crippen molar-refractivity contribution in [2.24, 2.45) is 0 Å². The maximum absolute atomic E-state index is 13.2. The van der Waals surface area contributed by atoms with Gasteiger partial charge in [0.25, 0.3) is 0 Å². The molecule has 1 unspecified atom stereocenters. The first-order valence-electron chi connectivity index (χ1n) is 9.78. The number of likely N-dealkylation sites (N-methyl/N-ethyl adjacent to an activating group) is 1. The topological polar surface area (TPSA) is 74.8 Å². The van der Waals surface area contributed by atoms with E-state index >= 15 is 0 Å². The van der Waals surface area contributed by atoms with Crippen molar-refractivity contribution in [2.75, 3.05) is 18.1 Å². The average Bonchev–Trinajstić information content (AvgIpc) is 3.08. The molecule has 6 nitrogen and oxygen atoms in total. The monoisotopic (exact) mass is 414 g/mol. The molecule has 1 aliphatic heterocycles. The molecule has 0 aliphatic carbocycles. The Bertz CT molecular complexity index is 904. The van der Waals surface area contributed by atoms with Crippen LogP contribution in [-0.4, -0.2) is 54.1 Å². The molecule has 2 amide bonds. The molecule has 1 atom stereocenters. The Morgan fingerprint density at radius 1 is 0.897 bits per heavy atom. The summed E-state index contributed by atoms with van der Waals surface area (Å²) in [6.45, 7) is 2.69. The van der Waals surface area contributed by atoms with E-state index in [0.717, 1.165) is 11.1 Å². The SMILES string of the molecule is CCN(C(=O)C(=O)N(Cc1ccccc1)Cc1ccccc1)C1CCS(=O)(=O)C1. The zero-order valence-corrected chi connectivity index (χ0v) is 17.3. The van der Waals surface area contributed by atoms with Gasteiger partial charge in [0.15, 0.2) is 9.84 Å². The lowest BCUT2D eigenvalue weighted by Gasteiger charge is -2.30. The van der Waals surface area contributed by atoms with Crippen LogP contribution in [0.2, 0.25) is 0 Å².